The maximum Gasteiger partial charge on any atom is 0.248 e. The van der Waals surface area contributed by atoms with Crippen LogP contribution in [-0.2, 0) is 10.2 Å². The van der Waals surface area contributed by atoms with Gasteiger partial charge in [0.2, 0.25) is 5.91 Å². The molecule has 0 aliphatic rings. The predicted molar refractivity (Wildman–Crippen MR) is 94.0 cm³/mol. The highest BCUT2D eigenvalue weighted by molar-refractivity contribution is 6.02. The quantitative estimate of drug-likeness (QED) is 0.848. The number of hydrogen-bond donors (Lipinski definition) is 1. The number of para-hydroxylation sites is 1. The molecule has 0 aliphatic heterocycles. The van der Waals surface area contributed by atoms with Crippen molar-refractivity contribution in [3.05, 3.63) is 71.3 Å². The summed E-state index contributed by atoms with van der Waals surface area (Å²) < 4.78 is 0. The minimum absolute atomic E-state index is 0.112. The Kier molecular flexibility index (Phi) is 4.98. The highest BCUT2D eigenvalue weighted by Gasteiger charge is 2.12. The van der Waals surface area contributed by atoms with Crippen molar-refractivity contribution in [2.45, 2.75) is 26.2 Å². The molecule has 1 amide bonds. The molecule has 0 aromatic heterocycles. The van der Waals surface area contributed by atoms with Gasteiger partial charge in [-0.2, -0.15) is 5.26 Å². The number of amides is 1. The van der Waals surface area contributed by atoms with Gasteiger partial charge in [-0.3, -0.25) is 4.79 Å². The zero-order valence-electron chi connectivity index (χ0n) is 13.6. The minimum atomic E-state index is -0.257. The lowest BCUT2D eigenvalue weighted by Crippen LogP contribution is -2.10. The van der Waals surface area contributed by atoms with E-state index in [1.165, 1.54) is 11.6 Å². The molecule has 0 saturated heterocycles. The molecular weight excluding hydrogens is 284 g/mol. The van der Waals surface area contributed by atoms with Crippen molar-refractivity contribution in [1.82, 2.24) is 0 Å². The van der Waals surface area contributed by atoms with E-state index in [1.807, 2.05) is 12.1 Å². The first-order valence-corrected chi connectivity index (χ1v) is 7.49. The van der Waals surface area contributed by atoms with Crippen molar-refractivity contribution in [3.63, 3.8) is 0 Å². The van der Waals surface area contributed by atoms with Crippen molar-refractivity contribution in [2.75, 3.05) is 5.32 Å². The van der Waals surface area contributed by atoms with Crippen LogP contribution in [0.15, 0.2) is 54.6 Å². The average molecular weight is 304 g/mol. The van der Waals surface area contributed by atoms with Crippen molar-refractivity contribution in [2.24, 2.45) is 0 Å². The van der Waals surface area contributed by atoms with Crippen LogP contribution in [0, 0.1) is 11.3 Å². The van der Waals surface area contributed by atoms with Crippen molar-refractivity contribution in [3.8, 4) is 6.07 Å². The van der Waals surface area contributed by atoms with Crippen LogP contribution in [0.2, 0.25) is 0 Å². The normalized spacial score (nSPS) is 11.2. The molecule has 2 aromatic carbocycles. The zero-order chi connectivity index (χ0) is 16.9. The summed E-state index contributed by atoms with van der Waals surface area (Å²) in [5, 5.41) is 11.7. The lowest BCUT2D eigenvalue weighted by atomic mass is 9.87. The number of benzene rings is 2. The Morgan fingerprint density at radius 1 is 1.09 bits per heavy atom. The molecule has 116 valence electrons. The Morgan fingerprint density at radius 3 is 2.35 bits per heavy atom. The third-order valence-corrected chi connectivity index (χ3v) is 3.51. The third kappa shape index (κ3) is 4.55. The van der Waals surface area contributed by atoms with Gasteiger partial charge in [0.25, 0.3) is 0 Å². The first-order valence-electron chi connectivity index (χ1n) is 7.49. The van der Waals surface area contributed by atoms with E-state index in [-0.39, 0.29) is 11.3 Å². The van der Waals surface area contributed by atoms with E-state index in [9.17, 15) is 4.79 Å². The van der Waals surface area contributed by atoms with Crippen molar-refractivity contribution in [1.29, 1.82) is 5.26 Å². The molecular formula is C20H20N2O. The largest absolute Gasteiger partial charge is 0.321 e. The Balaban J connectivity index is 2.05. The van der Waals surface area contributed by atoms with Crippen LogP contribution in [0.4, 0.5) is 5.69 Å². The van der Waals surface area contributed by atoms with Gasteiger partial charge in [0.1, 0.15) is 6.07 Å². The van der Waals surface area contributed by atoms with Gasteiger partial charge in [-0.25, -0.2) is 0 Å². The third-order valence-electron chi connectivity index (χ3n) is 3.51. The summed E-state index contributed by atoms with van der Waals surface area (Å²) >= 11 is 0. The number of nitriles is 1. The number of hydrogen-bond acceptors (Lipinski definition) is 2. The highest BCUT2D eigenvalue weighted by atomic mass is 16.1. The first kappa shape index (κ1) is 16.5. The second kappa shape index (κ2) is 6.93. The Bertz CT molecular complexity index is 759. The average Bonchev–Trinajstić information content (AvgIpc) is 2.53. The zero-order valence-corrected chi connectivity index (χ0v) is 13.6. The molecule has 2 aromatic rings. The molecule has 0 saturated carbocycles. The summed E-state index contributed by atoms with van der Waals surface area (Å²) in [4.78, 5) is 12.0. The second-order valence-corrected chi connectivity index (χ2v) is 6.35. The molecule has 1 N–H and O–H groups in total. The van der Waals surface area contributed by atoms with Crippen LogP contribution >= 0.6 is 0 Å². The molecule has 0 unspecified atom stereocenters. The van der Waals surface area contributed by atoms with E-state index in [4.69, 9.17) is 5.26 Å². The summed E-state index contributed by atoms with van der Waals surface area (Å²) in [6.45, 7) is 6.49. The van der Waals surface area contributed by atoms with Crippen LogP contribution in [-0.4, -0.2) is 5.91 Å². The Labute approximate surface area is 137 Å². The fourth-order valence-corrected chi connectivity index (χ4v) is 2.13. The van der Waals surface area contributed by atoms with Crippen LogP contribution in [0.3, 0.4) is 0 Å². The molecule has 0 bridgehead atoms. The van der Waals surface area contributed by atoms with E-state index in [0.29, 0.717) is 11.3 Å². The summed E-state index contributed by atoms with van der Waals surface area (Å²) in [5.41, 5.74) is 3.29. The molecule has 3 heteroatoms. The van der Waals surface area contributed by atoms with Gasteiger partial charge in [0.15, 0.2) is 0 Å². The topological polar surface area (TPSA) is 52.9 Å². The summed E-state index contributed by atoms with van der Waals surface area (Å²) in [7, 11) is 0. The molecule has 0 heterocycles. The van der Waals surface area contributed by atoms with E-state index < -0.39 is 0 Å². The number of rotatable bonds is 3. The molecule has 0 atom stereocenters. The summed E-state index contributed by atoms with van der Waals surface area (Å²) in [6.07, 6.45) is 3.23. The molecule has 3 nitrogen and oxygen atoms in total. The van der Waals surface area contributed by atoms with E-state index in [0.717, 1.165) is 5.56 Å². The van der Waals surface area contributed by atoms with Crippen molar-refractivity contribution >= 4 is 17.7 Å². The maximum absolute atomic E-state index is 12.0. The molecule has 2 rings (SSSR count). The van der Waals surface area contributed by atoms with Crippen LogP contribution in [0.5, 0.6) is 0 Å². The van der Waals surface area contributed by atoms with Gasteiger partial charge < -0.3 is 5.32 Å². The standard InChI is InChI=1S/C20H20N2O/c1-20(2,3)17-11-8-15(9-12-17)10-13-19(23)22-18-7-5-4-6-16(18)14-21/h4-13H,1-3H3,(H,22,23)/b13-10+. The number of carbonyl (C=O) groups excluding carboxylic acids is 1. The van der Waals surface area contributed by atoms with Crippen molar-refractivity contribution < 1.29 is 4.79 Å². The fourth-order valence-electron chi connectivity index (χ4n) is 2.13. The van der Waals surface area contributed by atoms with Gasteiger partial charge in [-0.05, 0) is 34.8 Å². The lowest BCUT2D eigenvalue weighted by molar-refractivity contribution is -0.111. The van der Waals surface area contributed by atoms with Crippen LogP contribution in [0.1, 0.15) is 37.5 Å². The van der Waals surface area contributed by atoms with Crippen LogP contribution < -0.4 is 5.32 Å². The number of nitrogens with zero attached hydrogens (tertiary/aromatic N) is 1. The predicted octanol–water partition coefficient (Wildman–Crippen LogP) is 4.51. The Morgan fingerprint density at radius 2 is 1.74 bits per heavy atom. The molecule has 0 aliphatic carbocycles. The smallest absolute Gasteiger partial charge is 0.248 e. The molecule has 23 heavy (non-hydrogen) atoms. The highest BCUT2D eigenvalue weighted by Crippen LogP contribution is 2.22. The van der Waals surface area contributed by atoms with Gasteiger partial charge >= 0.3 is 0 Å². The van der Waals surface area contributed by atoms with Gasteiger partial charge in [0.05, 0.1) is 11.3 Å². The first-order chi connectivity index (χ1) is 10.9. The van der Waals surface area contributed by atoms with Crippen LogP contribution in [0.25, 0.3) is 6.08 Å². The van der Waals surface area contributed by atoms with Gasteiger partial charge in [-0.1, -0.05) is 57.2 Å². The molecule has 0 radical (unpaired) electrons. The minimum Gasteiger partial charge on any atom is -0.321 e. The summed E-state index contributed by atoms with van der Waals surface area (Å²) in [6, 6.07) is 17.1. The van der Waals surface area contributed by atoms with Gasteiger partial charge in [-0.15, -0.1) is 0 Å². The fraction of sp³-hybridized carbons (Fsp3) is 0.200. The molecule has 0 fully saturated rings. The van der Waals surface area contributed by atoms with E-state index in [2.05, 4.69) is 44.3 Å². The van der Waals surface area contributed by atoms with E-state index in [1.54, 1.807) is 30.3 Å². The number of anilines is 1. The number of nitrogens with one attached hydrogen (secondary N) is 1. The van der Waals surface area contributed by atoms with E-state index >= 15 is 0 Å². The second-order valence-electron chi connectivity index (χ2n) is 6.35. The SMILES string of the molecule is CC(C)(C)c1ccc(/C=C/C(=O)Nc2ccccc2C#N)cc1. The number of carbonyl (C=O) groups is 1. The van der Waals surface area contributed by atoms with Gasteiger partial charge in [0, 0.05) is 6.08 Å². The lowest BCUT2D eigenvalue weighted by Gasteiger charge is -2.18. The monoisotopic (exact) mass is 304 g/mol. The summed E-state index contributed by atoms with van der Waals surface area (Å²) in [5.74, 6) is -0.257. The molecule has 0 spiro atoms. The Hall–Kier alpha value is -2.86. The maximum atomic E-state index is 12.0.